The molecule has 21 heavy (non-hydrogen) atoms. The molecular weight excluding hydrogens is 260 g/mol. The summed E-state index contributed by atoms with van der Waals surface area (Å²) >= 11 is 0. The van der Waals surface area contributed by atoms with Crippen LogP contribution in [0.4, 0.5) is 0 Å². The van der Waals surface area contributed by atoms with Gasteiger partial charge in [0.15, 0.2) is 0 Å². The summed E-state index contributed by atoms with van der Waals surface area (Å²) in [6.45, 7) is 4.11. The van der Waals surface area contributed by atoms with Gasteiger partial charge in [0.2, 0.25) is 5.91 Å². The molecular formula is C18H20N2O. The number of aryl methyl sites for hydroxylation is 1. The van der Waals surface area contributed by atoms with E-state index < -0.39 is 0 Å². The van der Waals surface area contributed by atoms with Crippen LogP contribution in [0.3, 0.4) is 0 Å². The van der Waals surface area contributed by atoms with Crippen LogP contribution in [0.25, 0.3) is 6.08 Å². The first-order valence-corrected chi connectivity index (χ1v) is 7.16. The Morgan fingerprint density at radius 1 is 1.29 bits per heavy atom. The number of aromatic nitrogens is 1. The van der Waals surface area contributed by atoms with Gasteiger partial charge in [0.25, 0.3) is 0 Å². The molecule has 0 radical (unpaired) electrons. The molecule has 3 heteroatoms. The fraction of sp³-hybridized carbons (Fsp3) is 0.222. The zero-order valence-corrected chi connectivity index (χ0v) is 12.4. The van der Waals surface area contributed by atoms with Gasteiger partial charge < -0.3 is 5.32 Å². The second-order valence-corrected chi connectivity index (χ2v) is 4.95. The lowest BCUT2D eigenvalue weighted by atomic mass is 10.0. The SMILES string of the molecule is CCc1ccc(C(C)NC(=O)/C=C/c2cccnc2)cc1. The van der Waals surface area contributed by atoms with Gasteiger partial charge in [0.05, 0.1) is 6.04 Å². The third kappa shape index (κ3) is 4.56. The summed E-state index contributed by atoms with van der Waals surface area (Å²) in [4.78, 5) is 15.9. The number of carbonyl (C=O) groups is 1. The van der Waals surface area contributed by atoms with Crippen molar-refractivity contribution < 1.29 is 4.79 Å². The van der Waals surface area contributed by atoms with Gasteiger partial charge in [-0.1, -0.05) is 37.3 Å². The van der Waals surface area contributed by atoms with Crippen molar-refractivity contribution in [1.29, 1.82) is 0 Å². The van der Waals surface area contributed by atoms with Crippen molar-refractivity contribution in [2.45, 2.75) is 26.3 Å². The van der Waals surface area contributed by atoms with Crippen LogP contribution >= 0.6 is 0 Å². The largest absolute Gasteiger partial charge is 0.346 e. The molecule has 0 saturated heterocycles. The van der Waals surface area contributed by atoms with Crippen molar-refractivity contribution in [2.24, 2.45) is 0 Å². The molecule has 2 aromatic rings. The van der Waals surface area contributed by atoms with Crippen LogP contribution in [-0.4, -0.2) is 10.9 Å². The second kappa shape index (κ2) is 7.39. The molecule has 2 rings (SSSR count). The van der Waals surface area contributed by atoms with Crippen LogP contribution in [-0.2, 0) is 11.2 Å². The Morgan fingerprint density at radius 2 is 2.05 bits per heavy atom. The summed E-state index contributed by atoms with van der Waals surface area (Å²) in [5.41, 5.74) is 3.32. The van der Waals surface area contributed by atoms with Crippen LogP contribution in [0.2, 0.25) is 0 Å². The lowest BCUT2D eigenvalue weighted by Crippen LogP contribution is -2.24. The van der Waals surface area contributed by atoms with Gasteiger partial charge in [-0.05, 0) is 42.2 Å². The summed E-state index contributed by atoms with van der Waals surface area (Å²) in [5.74, 6) is -0.106. The second-order valence-electron chi connectivity index (χ2n) is 4.95. The van der Waals surface area contributed by atoms with E-state index in [-0.39, 0.29) is 11.9 Å². The van der Waals surface area contributed by atoms with Crippen LogP contribution in [0.15, 0.2) is 54.9 Å². The number of rotatable bonds is 5. The molecule has 1 unspecified atom stereocenters. The monoisotopic (exact) mass is 280 g/mol. The Kier molecular flexibility index (Phi) is 5.27. The van der Waals surface area contributed by atoms with Gasteiger partial charge in [0, 0.05) is 18.5 Å². The zero-order valence-electron chi connectivity index (χ0n) is 12.4. The highest BCUT2D eigenvalue weighted by molar-refractivity contribution is 5.91. The molecule has 0 aliphatic rings. The van der Waals surface area contributed by atoms with E-state index in [2.05, 4.69) is 41.5 Å². The average Bonchev–Trinajstić information content (AvgIpc) is 2.54. The lowest BCUT2D eigenvalue weighted by molar-refractivity contribution is -0.117. The summed E-state index contributed by atoms with van der Waals surface area (Å²) < 4.78 is 0. The molecule has 3 nitrogen and oxygen atoms in total. The number of carbonyl (C=O) groups excluding carboxylic acids is 1. The van der Waals surface area contributed by atoms with E-state index >= 15 is 0 Å². The van der Waals surface area contributed by atoms with Crippen molar-refractivity contribution >= 4 is 12.0 Å². The predicted octanol–water partition coefficient (Wildman–Crippen LogP) is 3.53. The van der Waals surface area contributed by atoms with Crippen LogP contribution in [0.5, 0.6) is 0 Å². The third-order valence-corrected chi connectivity index (χ3v) is 3.36. The van der Waals surface area contributed by atoms with E-state index in [1.165, 1.54) is 11.6 Å². The highest BCUT2D eigenvalue weighted by atomic mass is 16.1. The van der Waals surface area contributed by atoms with Crippen LogP contribution in [0, 0.1) is 0 Å². The minimum atomic E-state index is -0.106. The first-order chi connectivity index (χ1) is 10.2. The van der Waals surface area contributed by atoms with E-state index in [9.17, 15) is 4.79 Å². The standard InChI is InChI=1S/C18H20N2O/c1-3-15-6-9-17(10-7-15)14(2)20-18(21)11-8-16-5-4-12-19-13-16/h4-14H,3H2,1-2H3,(H,20,21)/b11-8+. The Morgan fingerprint density at radius 3 is 2.67 bits per heavy atom. The third-order valence-electron chi connectivity index (χ3n) is 3.36. The molecule has 108 valence electrons. The lowest BCUT2D eigenvalue weighted by Gasteiger charge is -2.13. The van der Waals surface area contributed by atoms with E-state index in [1.54, 1.807) is 18.5 Å². The molecule has 0 bridgehead atoms. The van der Waals surface area contributed by atoms with Gasteiger partial charge in [-0.25, -0.2) is 0 Å². The maximum atomic E-state index is 11.9. The van der Waals surface area contributed by atoms with Gasteiger partial charge >= 0.3 is 0 Å². The molecule has 1 amide bonds. The molecule has 1 atom stereocenters. The summed E-state index contributed by atoms with van der Waals surface area (Å²) in [6, 6.07) is 12.1. The van der Waals surface area contributed by atoms with Crippen molar-refractivity contribution in [3.05, 3.63) is 71.6 Å². The highest BCUT2D eigenvalue weighted by Crippen LogP contribution is 2.13. The van der Waals surface area contributed by atoms with E-state index in [0.717, 1.165) is 17.5 Å². The Balaban J connectivity index is 1.93. The normalized spacial score (nSPS) is 12.3. The Labute approximate surface area is 125 Å². The molecule has 0 aliphatic heterocycles. The van der Waals surface area contributed by atoms with Gasteiger partial charge in [-0.15, -0.1) is 0 Å². The summed E-state index contributed by atoms with van der Waals surface area (Å²) in [5, 5.41) is 2.96. The maximum absolute atomic E-state index is 11.9. The van der Waals surface area contributed by atoms with Crippen LogP contribution < -0.4 is 5.32 Å². The first kappa shape index (κ1) is 15.0. The molecule has 1 N–H and O–H groups in total. The molecule has 0 spiro atoms. The number of pyridine rings is 1. The number of nitrogens with zero attached hydrogens (tertiary/aromatic N) is 1. The molecule has 0 aliphatic carbocycles. The van der Waals surface area contributed by atoms with E-state index in [4.69, 9.17) is 0 Å². The minimum Gasteiger partial charge on any atom is -0.346 e. The number of hydrogen-bond acceptors (Lipinski definition) is 2. The fourth-order valence-electron chi connectivity index (χ4n) is 2.03. The summed E-state index contributed by atoms with van der Waals surface area (Å²) in [6.07, 6.45) is 7.74. The minimum absolute atomic E-state index is 0.0121. The van der Waals surface area contributed by atoms with Crippen molar-refractivity contribution in [2.75, 3.05) is 0 Å². The number of benzene rings is 1. The smallest absolute Gasteiger partial charge is 0.244 e. The van der Waals surface area contributed by atoms with Gasteiger partial charge in [-0.3, -0.25) is 9.78 Å². The zero-order chi connectivity index (χ0) is 15.1. The Bertz CT molecular complexity index is 603. The molecule has 0 saturated carbocycles. The predicted molar refractivity (Wildman–Crippen MR) is 85.6 cm³/mol. The molecule has 1 aromatic carbocycles. The molecule has 0 fully saturated rings. The van der Waals surface area contributed by atoms with Gasteiger partial charge in [0.1, 0.15) is 0 Å². The number of amides is 1. The van der Waals surface area contributed by atoms with Gasteiger partial charge in [-0.2, -0.15) is 0 Å². The Hall–Kier alpha value is -2.42. The van der Waals surface area contributed by atoms with Crippen LogP contribution in [0.1, 0.15) is 36.6 Å². The quantitative estimate of drug-likeness (QED) is 0.851. The number of hydrogen-bond donors (Lipinski definition) is 1. The highest BCUT2D eigenvalue weighted by Gasteiger charge is 2.07. The van der Waals surface area contributed by atoms with E-state index in [1.807, 2.05) is 19.1 Å². The average molecular weight is 280 g/mol. The van der Waals surface area contributed by atoms with E-state index in [0.29, 0.717) is 0 Å². The first-order valence-electron chi connectivity index (χ1n) is 7.16. The van der Waals surface area contributed by atoms with Crippen molar-refractivity contribution in [1.82, 2.24) is 10.3 Å². The summed E-state index contributed by atoms with van der Waals surface area (Å²) in [7, 11) is 0. The van der Waals surface area contributed by atoms with Crippen molar-refractivity contribution in [3.8, 4) is 0 Å². The topological polar surface area (TPSA) is 42.0 Å². The fourth-order valence-corrected chi connectivity index (χ4v) is 2.03. The molecule has 1 heterocycles. The molecule has 1 aromatic heterocycles. The van der Waals surface area contributed by atoms with Crippen molar-refractivity contribution in [3.63, 3.8) is 0 Å². The number of nitrogens with one attached hydrogen (secondary N) is 1. The maximum Gasteiger partial charge on any atom is 0.244 e.